The van der Waals surface area contributed by atoms with E-state index in [4.69, 9.17) is 24.2 Å². The molecule has 1 heterocycles. The lowest BCUT2D eigenvalue weighted by Crippen LogP contribution is -2.70. The first-order valence-corrected chi connectivity index (χ1v) is 19.8. The third-order valence-electron chi connectivity index (χ3n) is 10.8. The fourth-order valence-electron chi connectivity index (χ4n) is 8.63. The molecule has 5 rings (SSSR count). The van der Waals surface area contributed by atoms with E-state index >= 15 is 0 Å². The summed E-state index contributed by atoms with van der Waals surface area (Å²) < 4.78 is 19.9. The van der Waals surface area contributed by atoms with Crippen molar-refractivity contribution < 1.29 is 38.9 Å². The summed E-state index contributed by atoms with van der Waals surface area (Å²) in [7, 11) is 0. The molecule has 12 heteroatoms. The molecule has 1 saturated carbocycles. The van der Waals surface area contributed by atoms with E-state index < -0.39 is 23.8 Å². The molecule has 0 radical (unpaired) electrons. The number of nitrogens with zero attached hydrogens (tertiary/aromatic N) is 3. The molecule has 12 nitrogen and oxygen atoms in total. The number of nitriles is 1. The number of ether oxygens (including phenoxy) is 3. The second-order valence-corrected chi connectivity index (χ2v) is 14.3. The van der Waals surface area contributed by atoms with Crippen LogP contribution in [0.2, 0.25) is 0 Å². The minimum Gasteiger partial charge on any atom is -0.459 e. The minimum atomic E-state index is -1.41. The van der Waals surface area contributed by atoms with Crippen molar-refractivity contribution in [2.45, 2.75) is 89.9 Å². The molecule has 2 aromatic rings. The van der Waals surface area contributed by atoms with Crippen molar-refractivity contribution in [2.75, 3.05) is 39.5 Å². The molecule has 0 aromatic heterocycles. The number of nitrogens with one attached hydrogen (secondary N) is 1. The summed E-state index contributed by atoms with van der Waals surface area (Å²) >= 11 is 0. The van der Waals surface area contributed by atoms with Crippen molar-refractivity contribution in [3.8, 4) is 17.6 Å². The lowest BCUT2D eigenvalue weighted by atomic mass is 9.55. The number of unbranched alkanes of at least 4 members (excludes halogenated alkanes) is 2. The molecule has 3 aliphatic rings. The first-order chi connectivity index (χ1) is 26.8. The molecule has 0 saturated heterocycles. The highest BCUT2D eigenvalue weighted by Crippen LogP contribution is 2.62. The molecule has 0 bridgehead atoms. The molecule has 1 fully saturated rings. The zero-order valence-electron chi connectivity index (χ0n) is 32.4. The van der Waals surface area contributed by atoms with E-state index in [1.807, 2.05) is 37.8 Å². The van der Waals surface area contributed by atoms with Gasteiger partial charge in [-0.25, -0.2) is 4.79 Å². The molecular weight excluding hydrogens is 700 g/mol. The smallest absolute Gasteiger partial charge is 0.412 e. The van der Waals surface area contributed by atoms with Gasteiger partial charge in [-0.1, -0.05) is 37.1 Å². The molecule has 2 aliphatic carbocycles. The number of oxime groups is 1. The van der Waals surface area contributed by atoms with Gasteiger partial charge in [0.05, 0.1) is 29.9 Å². The van der Waals surface area contributed by atoms with Crippen LogP contribution in [0.15, 0.2) is 71.9 Å². The first-order valence-electron chi connectivity index (χ1n) is 19.8. The summed E-state index contributed by atoms with van der Waals surface area (Å²) in [6, 6.07) is 13.5. The summed E-state index contributed by atoms with van der Waals surface area (Å²) in [5, 5.41) is 36.5. The van der Waals surface area contributed by atoms with Crippen molar-refractivity contribution >= 4 is 17.7 Å². The predicted octanol–water partition coefficient (Wildman–Crippen LogP) is 6.87. The summed E-state index contributed by atoms with van der Waals surface area (Å²) in [5.74, 6) is -1.36. The molecule has 55 heavy (non-hydrogen) atoms. The fourth-order valence-corrected chi connectivity index (χ4v) is 8.63. The summed E-state index contributed by atoms with van der Waals surface area (Å²) in [6.45, 7) is 11.2. The molecule has 6 unspecified atom stereocenters. The quantitative estimate of drug-likeness (QED) is 0.0789. The van der Waals surface area contributed by atoms with Crippen LogP contribution in [0, 0.1) is 29.1 Å². The number of amides is 2. The van der Waals surface area contributed by atoms with Crippen molar-refractivity contribution in [1.82, 2.24) is 10.2 Å². The van der Waals surface area contributed by atoms with Crippen molar-refractivity contribution in [1.29, 1.82) is 5.26 Å². The third kappa shape index (κ3) is 9.07. The summed E-state index contributed by atoms with van der Waals surface area (Å²) in [6.07, 6.45) is 8.82. The average molecular weight is 757 g/mol. The van der Waals surface area contributed by atoms with Gasteiger partial charge in [-0.05, 0) is 106 Å². The van der Waals surface area contributed by atoms with Crippen LogP contribution < -0.4 is 14.8 Å². The summed E-state index contributed by atoms with van der Waals surface area (Å²) in [4.78, 5) is 35.0. The van der Waals surface area contributed by atoms with Gasteiger partial charge in [-0.2, -0.15) is 5.26 Å². The van der Waals surface area contributed by atoms with Crippen molar-refractivity contribution in [3.63, 3.8) is 0 Å². The van der Waals surface area contributed by atoms with E-state index in [-0.39, 0.29) is 49.9 Å². The Morgan fingerprint density at radius 2 is 1.84 bits per heavy atom. The van der Waals surface area contributed by atoms with E-state index in [0.29, 0.717) is 67.3 Å². The highest BCUT2D eigenvalue weighted by Gasteiger charge is 2.65. The number of benzene rings is 2. The molecule has 2 aromatic carbocycles. The molecule has 0 spiro atoms. The zero-order chi connectivity index (χ0) is 39.4. The van der Waals surface area contributed by atoms with Gasteiger partial charge in [0.2, 0.25) is 5.79 Å². The van der Waals surface area contributed by atoms with Crippen molar-refractivity contribution in [2.24, 2.45) is 22.9 Å². The first kappa shape index (κ1) is 41.5. The van der Waals surface area contributed by atoms with Gasteiger partial charge in [-0.15, -0.1) is 6.58 Å². The van der Waals surface area contributed by atoms with Gasteiger partial charge in [0.25, 0.3) is 5.91 Å². The van der Waals surface area contributed by atoms with Gasteiger partial charge in [0.15, 0.2) is 0 Å². The lowest BCUT2D eigenvalue weighted by Gasteiger charge is -2.60. The van der Waals surface area contributed by atoms with Gasteiger partial charge in [0.1, 0.15) is 24.1 Å². The van der Waals surface area contributed by atoms with Crippen LogP contribution in [-0.4, -0.2) is 84.2 Å². The van der Waals surface area contributed by atoms with Crippen LogP contribution in [0.1, 0.15) is 99.5 Å². The maximum absolute atomic E-state index is 14.7. The van der Waals surface area contributed by atoms with E-state index in [9.17, 15) is 25.1 Å². The van der Waals surface area contributed by atoms with E-state index in [2.05, 4.69) is 24.0 Å². The molecular formula is C43H56N4O8. The number of aliphatic hydroxyl groups excluding tert-OH is 2. The number of carbonyl (C=O) groups excluding carboxylic acids is 2. The Morgan fingerprint density at radius 3 is 2.49 bits per heavy atom. The van der Waals surface area contributed by atoms with Crippen LogP contribution in [0.3, 0.4) is 0 Å². The number of rotatable bonds is 19. The van der Waals surface area contributed by atoms with Crippen LogP contribution in [-0.2, 0) is 9.57 Å². The SMILES string of the molecule is C=CCOC12Oc3ccc(OC(=O)NCC)cc3C3C(CCCCO)C(CCCCO)C=C(C(=NOCC)CC1N(CCC)C(=O)c1ccc(C#N)cc1)C32. The fraction of sp³-hybridized carbons (Fsp3) is 0.535. The van der Waals surface area contributed by atoms with Crippen LogP contribution in [0.4, 0.5) is 4.79 Å². The molecule has 2 amide bonds. The number of allylic oxidation sites excluding steroid dienone is 1. The molecule has 3 N–H and O–H groups in total. The molecule has 1 aliphatic heterocycles. The Balaban J connectivity index is 1.78. The zero-order valence-corrected chi connectivity index (χ0v) is 32.4. The summed E-state index contributed by atoms with van der Waals surface area (Å²) in [5.41, 5.74) is 3.38. The average Bonchev–Trinajstić information content (AvgIpc) is 3.19. The van der Waals surface area contributed by atoms with Crippen LogP contribution in [0.25, 0.3) is 0 Å². The Kier molecular flexibility index (Phi) is 14.9. The predicted molar refractivity (Wildman–Crippen MR) is 209 cm³/mol. The Morgan fingerprint density at radius 1 is 1.09 bits per heavy atom. The maximum atomic E-state index is 14.7. The normalized spacial score (nSPS) is 24.3. The number of fused-ring (bicyclic) bond motifs is 2. The number of hydrogen-bond acceptors (Lipinski definition) is 10. The van der Waals surface area contributed by atoms with Crippen LogP contribution >= 0.6 is 0 Å². The Hall–Kier alpha value is -4.70. The Labute approximate surface area is 324 Å². The van der Waals surface area contributed by atoms with Crippen LogP contribution in [0.5, 0.6) is 11.5 Å². The van der Waals surface area contributed by atoms with E-state index in [0.717, 1.165) is 36.8 Å². The standard InChI is InChI=1S/C43H56N4O8/c1-5-21-47(41(50)30-17-15-29(28-44)16-18-30)38-27-36(46-53-8-4)34-25-31(13-9-11-22-48)33(14-10-12-23-49)39-35-26-32(54-42(51)45-7-3)19-20-37(35)55-43(38,40(34)39)52-24-6-2/h6,15-20,25-26,31,33,38-40,48-49H,2,5,7-14,21-24,27H2,1,3-4H3,(H,45,51). The van der Waals surface area contributed by atoms with Crippen molar-refractivity contribution in [3.05, 3.63) is 83.5 Å². The maximum Gasteiger partial charge on any atom is 0.412 e. The second kappa shape index (κ2) is 19.8. The Bertz CT molecular complexity index is 1740. The topological polar surface area (TPSA) is 163 Å². The van der Waals surface area contributed by atoms with Gasteiger partial charge in [0, 0.05) is 49.8 Å². The number of hydrogen-bond donors (Lipinski definition) is 3. The second-order valence-electron chi connectivity index (χ2n) is 14.3. The van der Waals surface area contributed by atoms with Gasteiger partial charge >= 0.3 is 6.09 Å². The largest absolute Gasteiger partial charge is 0.459 e. The van der Waals surface area contributed by atoms with Gasteiger partial charge in [-0.3, -0.25) is 4.79 Å². The number of aliphatic hydroxyl groups is 2. The highest BCUT2D eigenvalue weighted by molar-refractivity contribution is 6.03. The monoisotopic (exact) mass is 756 g/mol. The minimum absolute atomic E-state index is 0.0222. The molecule has 6 atom stereocenters. The third-order valence-corrected chi connectivity index (χ3v) is 10.8. The highest BCUT2D eigenvalue weighted by atomic mass is 16.7. The van der Waals surface area contributed by atoms with Gasteiger partial charge < -0.3 is 39.5 Å². The number of carbonyl (C=O) groups is 2. The lowest BCUT2D eigenvalue weighted by molar-refractivity contribution is -0.254. The van der Waals surface area contributed by atoms with E-state index in [1.165, 1.54) is 0 Å². The molecule has 296 valence electrons. The van der Waals surface area contributed by atoms with E-state index in [1.54, 1.807) is 36.4 Å².